The van der Waals surface area contributed by atoms with Crippen molar-refractivity contribution in [3.05, 3.63) is 24.2 Å². The number of hydrazine groups is 1. The minimum Gasteiger partial charge on any atom is -0.459 e. The van der Waals surface area contributed by atoms with Gasteiger partial charge in [-0.1, -0.05) is 0 Å². The van der Waals surface area contributed by atoms with E-state index in [2.05, 4.69) is 5.43 Å². The fraction of sp³-hybridized carbons (Fsp3) is 0.538. The Bertz CT molecular complexity index is 492. The van der Waals surface area contributed by atoms with Gasteiger partial charge in [-0.25, -0.2) is 0 Å². The van der Waals surface area contributed by atoms with E-state index in [4.69, 9.17) is 4.42 Å². The van der Waals surface area contributed by atoms with Crippen molar-refractivity contribution in [2.45, 2.75) is 25.3 Å². The number of hydrazone groups is 1. The molecule has 0 spiro atoms. The lowest BCUT2D eigenvalue weighted by Crippen LogP contribution is -2.34. The SMILES string of the molecule is O=C1N/[N+](=C/c2ccco2)C2C3CCC(C3)C12. The van der Waals surface area contributed by atoms with Gasteiger partial charge in [0.1, 0.15) is 5.92 Å². The molecule has 4 atom stereocenters. The summed E-state index contributed by atoms with van der Waals surface area (Å²) in [5, 5.41) is 0. The molecule has 4 rings (SSSR count). The summed E-state index contributed by atoms with van der Waals surface area (Å²) < 4.78 is 7.29. The summed E-state index contributed by atoms with van der Waals surface area (Å²) in [4.78, 5) is 12.0. The monoisotopic (exact) mass is 231 g/mol. The van der Waals surface area contributed by atoms with E-state index in [1.54, 1.807) is 6.26 Å². The Morgan fingerprint density at radius 2 is 2.29 bits per heavy atom. The highest BCUT2D eigenvalue weighted by molar-refractivity contribution is 5.82. The number of nitrogens with one attached hydrogen (secondary N) is 1. The van der Waals surface area contributed by atoms with Gasteiger partial charge in [-0.15, -0.1) is 10.1 Å². The maximum atomic E-state index is 12.0. The van der Waals surface area contributed by atoms with Gasteiger partial charge in [-0.2, -0.15) is 0 Å². The maximum Gasteiger partial charge on any atom is 0.284 e. The number of furan rings is 1. The van der Waals surface area contributed by atoms with Crippen molar-refractivity contribution in [1.29, 1.82) is 0 Å². The average molecular weight is 231 g/mol. The minimum absolute atomic E-state index is 0.199. The highest BCUT2D eigenvalue weighted by Gasteiger charge is 2.61. The first-order chi connectivity index (χ1) is 8.33. The molecule has 1 aliphatic heterocycles. The van der Waals surface area contributed by atoms with Crippen LogP contribution in [0, 0.1) is 17.8 Å². The van der Waals surface area contributed by atoms with Crippen molar-refractivity contribution in [2.75, 3.05) is 0 Å². The minimum atomic E-state index is 0.199. The van der Waals surface area contributed by atoms with Gasteiger partial charge in [0.2, 0.25) is 6.21 Å². The lowest BCUT2D eigenvalue weighted by atomic mass is 9.85. The predicted molar refractivity (Wildman–Crippen MR) is 60.4 cm³/mol. The van der Waals surface area contributed by atoms with Crippen LogP contribution in [0.4, 0.5) is 0 Å². The van der Waals surface area contributed by atoms with Crippen LogP contribution in [0.25, 0.3) is 0 Å². The van der Waals surface area contributed by atoms with Crippen molar-refractivity contribution in [1.82, 2.24) is 5.43 Å². The fourth-order valence-electron chi connectivity index (χ4n) is 3.93. The van der Waals surface area contributed by atoms with E-state index in [1.807, 2.05) is 23.0 Å². The number of carbonyl (C=O) groups excluding carboxylic acids is 1. The summed E-state index contributed by atoms with van der Waals surface area (Å²) in [6.45, 7) is 0. The molecular weight excluding hydrogens is 216 g/mol. The average Bonchev–Trinajstić information content (AvgIpc) is 3.04. The molecule has 2 aliphatic carbocycles. The van der Waals surface area contributed by atoms with Crippen LogP contribution < -0.4 is 5.43 Å². The zero-order chi connectivity index (χ0) is 11.4. The van der Waals surface area contributed by atoms with Crippen molar-refractivity contribution in [3.63, 3.8) is 0 Å². The Balaban J connectivity index is 1.72. The van der Waals surface area contributed by atoms with Crippen molar-refractivity contribution >= 4 is 12.1 Å². The zero-order valence-corrected chi connectivity index (χ0v) is 9.50. The van der Waals surface area contributed by atoms with Crippen LogP contribution in [0.15, 0.2) is 22.8 Å². The van der Waals surface area contributed by atoms with Crippen molar-refractivity contribution in [2.24, 2.45) is 17.8 Å². The number of carbonyl (C=O) groups is 1. The Labute approximate surface area is 99.3 Å². The molecule has 2 heterocycles. The standard InChI is InChI=1S/C13H14N2O2/c16-13-11-8-3-4-9(6-8)12(11)15(14-13)7-10-2-1-5-17-10/h1-2,5,7-9,11-12H,3-4,6H2/p+1/b15-7+. The molecule has 1 amide bonds. The van der Waals surface area contributed by atoms with Crippen molar-refractivity contribution in [3.8, 4) is 0 Å². The second kappa shape index (κ2) is 3.22. The van der Waals surface area contributed by atoms with E-state index in [-0.39, 0.29) is 11.8 Å². The highest BCUT2D eigenvalue weighted by Crippen LogP contribution is 2.51. The third-order valence-electron chi connectivity index (χ3n) is 4.55. The van der Waals surface area contributed by atoms with Gasteiger partial charge in [0.05, 0.1) is 6.26 Å². The highest BCUT2D eigenvalue weighted by atomic mass is 16.3. The Morgan fingerprint density at radius 3 is 3.12 bits per heavy atom. The molecule has 1 N–H and O–H groups in total. The summed E-state index contributed by atoms with van der Waals surface area (Å²) >= 11 is 0. The van der Waals surface area contributed by atoms with E-state index >= 15 is 0 Å². The van der Waals surface area contributed by atoms with Crippen LogP contribution in [0.2, 0.25) is 0 Å². The molecule has 2 bridgehead atoms. The van der Waals surface area contributed by atoms with Crippen LogP contribution in [0.5, 0.6) is 0 Å². The number of amides is 1. The van der Waals surface area contributed by atoms with Crippen LogP contribution in [-0.4, -0.2) is 22.8 Å². The van der Waals surface area contributed by atoms with E-state index < -0.39 is 0 Å². The third kappa shape index (κ3) is 1.24. The molecule has 3 fully saturated rings. The lowest BCUT2D eigenvalue weighted by Gasteiger charge is -2.16. The van der Waals surface area contributed by atoms with E-state index in [0.29, 0.717) is 17.9 Å². The molecule has 4 nitrogen and oxygen atoms in total. The molecule has 17 heavy (non-hydrogen) atoms. The molecule has 2 saturated carbocycles. The number of rotatable bonds is 1. The second-order valence-corrected chi connectivity index (χ2v) is 5.38. The van der Waals surface area contributed by atoms with Crippen LogP contribution in [-0.2, 0) is 4.79 Å². The first kappa shape index (κ1) is 9.45. The number of hydrogen-bond donors (Lipinski definition) is 1. The van der Waals surface area contributed by atoms with Crippen molar-refractivity contribution < 1.29 is 13.9 Å². The molecule has 4 unspecified atom stereocenters. The summed E-state index contributed by atoms with van der Waals surface area (Å²) in [7, 11) is 0. The number of nitrogens with zero attached hydrogens (tertiary/aromatic N) is 1. The topological polar surface area (TPSA) is 45.2 Å². The van der Waals surface area contributed by atoms with Gasteiger partial charge >= 0.3 is 0 Å². The molecule has 1 aromatic rings. The fourth-order valence-corrected chi connectivity index (χ4v) is 3.93. The first-order valence-corrected chi connectivity index (χ1v) is 6.30. The van der Waals surface area contributed by atoms with Crippen LogP contribution in [0.3, 0.4) is 0 Å². The zero-order valence-electron chi connectivity index (χ0n) is 9.50. The molecule has 88 valence electrons. The second-order valence-electron chi connectivity index (χ2n) is 5.38. The van der Waals surface area contributed by atoms with Gasteiger partial charge < -0.3 is 4.42 Å². The molecule has 0 aromatic carbocycles. The van der Waals surface area contributed by atoms with Gasteiger partial charge in [0.15, 0.2) is 11.8 Å². The van der Waals surface area contributed by atoms with Gasteiger partial charge in [-0.3, -0.25) is 4.79 Å². The number of hydrogen-bond acceptors (Lipinski definition) is 2. The lowest BCUT2D eigenvalue weighted by molar-refractivity contribution is -0.598. The molecule has 4 heteroatoms. The normalized spacial score (nSPS) is 40.9. The van der Waals surface area contributed by atoms with Crippen LogP contribution in [0.1, 0.15) is 25.0 Å². The van der Waals surface area contributed by atoms with Gasteiger partial charge in [0.25, 0.3) is 5.91 Å². The summed E-state index contributed by atoms with van der Waals surface area (Å²) in [6.07, 6.45) is 7.30. The Hall–Kier alpha value is -1.58. The molecule has 3 aliphatic rings. The maximum absolute atomic E-state index is 12.0. The Kier molecular flexibility index (Phi) is 1.79. The van der Waals surface area contributed by atoms with Gasteiger partial charge in [0, 0.05) is 5.92 Å². The summed E-state index contributed by atoms with van der Waals surface area (Å²) in [5.74, 6) is 2.49. The molecule has 1 saturated heterocycles. The molecule has 0 radical (unpaired) electrons. The Morgan fingerprint density at radius 1 is 1.41 bits per heavy atom. The smallest absolute Gasteiger partial charge is 0.284 e. The first-order valence-electron chi connectivity index (χ1n) is 6.30. The van der Waals surface area contributed by atoms with E-state index in [0.717, 1.165) is 5.76 Å². The van der Waals surface area contributed by atoms with E-state index in [1.165, 1.54) is 19.3 Å². The molecule has 1 aromatic heterocycles. The third-order valence-corrected chi connectivity index (χ3v) is 4.55. The molecular formula is C13H15N2O2+. The summed E-state index contributed by atoms with van der Waals surface area (Å²) in [6, 6.07) is 4.13. The van der Waals surface area contributed by atoms with E-state index in [9.17, 15) is 4.79 Å². The summed E-state index contributed by atoms with van der Waals surface area (Å²) in [5.41, 5.74) is 2.97. The quantitative estimate of drug-likeness (QED) is 0.737. The number of fused-ring (bicyclic) bond motifs is 5. The predicted octanol–water partition coefficient (Wildman–Crippen LogP) is 1.17. The van der Waals surface area contributed by atoms with Crippen LogP contribution >= 0.6 is 0 Å². The van der Waals surface area contributed by atoms with Gasteiger partial charge in [-0.05, 0) is 37.3 Å². The largest absolute Gasteiger partial charge is 0.459 e.